The standard InChI is InChI=1S/C35H22N2O/c1-2-10-23(11-3-1)24-12-8-13-25(20-24)27-16-9-17-30-31-21-26(22-36-35(31)38-34(27)30)37-32-18-6-4-14-28(32)29-15-5-7-19-33(29)37/h1-22H. The maximum absolute atomic E-state index is 6.41. The highest BCUT2D eigenvalue weighted by molar-refractivity contribution is 6.11. The van der Waals surface area contributed by atoms with E-state index in [9.17, 15) is 0 Å². The number of aromatic nitrogens is 2. The third-order valence-corrected chi connectivity index (χ3v) is 7.46. The molecule has 178 valence electrons. The summed E-state index contributed by atoms with van der Waals surface area (Å²) in [6.45, 7) is 0. The molecule has 0 unspecified atom stereocenters. The highest BCUT2D eigenvalue weighted by Gasteiger charge is 2.17. The number of rotatable bonds is 3. The summed E-state index contributed by atoms with van der Waals surface area (Å²) in [5.41, 5.74) is 9.44. The Labute approximate surface area is 219 Å². The SMILES string of the molecule is c1ccc(-c2cccc(-c3cccc4c3oc3ncc(-n5c6ccccc6c6ccccc65)cc34)c2)cc1. The van der Waals surface area contributed by atoms with Crippen LogP contribution in [0.2, 0.25) is 0 Å². The second-order valence-corrected chi connectivity index (χ2v) is 9.65. The number of fused-ring (bicyclic) bond motifs is 6. The van der Waals surface area contributed by atoms with Crippen molar-refractivity contribution in [2.24, 2.45) is 0 Å². The predicted molar refractivity (Wildman–Crippen MR) is 157 cm³/mol. The normalized spacial score (nSPS) is 11.7. The second kappa shape index (κ2) is 8.19. The molecule has 0 fully saturated rings. The third kappa shape index (κ3) is 3.12. The van der Waals surface area contributed by atoms with Crippen LogP contribution in [0.1, 0.15) is 0 Å². The Morgan fingerprint density at radius 2 is 1.13 bits per heavy atom. The Bertz CT molecular complexity index is 2080. The molecule has 0 spiro atoms. The molecule has 0 bridgehead atoms. The number of hydrogen-bond acceptors (Lipinski definition) is 2. The molecule has 8 rings (SSSR count). The second-order valence-electron chi connectivity index (χ2n) is 9.65. The van der Waals surface area contributed by atoms with Crippen LogP contribution in [0.5, 0.6) is 0 Å². The minimum Gasteiger partial charge on any atom is -0.437 e. The Balaban J connectivity index is 1.33. The number of nitrogens with zero attached hydrogens (tertiary/aromatic N) is 2. The van der Waals surface area contributed by atoms with Gasteiger partial charge in [-0.25, -0.2) is 4.98 Å². The molecule has 5 aromatic carbocycles. The minimum absolute atomic E-state index is 0.649. The Morgan fingerprint density at radius 1 is 0.500 bits per heavy atom. The van der Waals surface area contributed by atoms with Crippen LogP contribution in [0.25, 0.3) is 71.8 Å². The summed E-state index contributed by atoms with van der Waals surface area (Å²) in [5, 5.41) is 4.56. The van der Waals surface area contributed by atoms with Crippen molar-refractivity contribution in [2.75, 3.05) is 0 Å². The number of hydrogen-bond donors (Lipinski definition) is 0. The van der Waals surface area contributed by atoms with Crippen molar-refractivity contribution in [3.8, 4) is 27.9 Å². The molecule has 0 saturated carbocycles. The molecule has 8 aromatic rings. The van der Waals surface area contributed by atoms with E-state index in [0.29, 0.717) is 5.71 Å². The summed E-state index contributed by atoms with van der Waals surface area (Å²) in [6.07, 6.45) is 1.92. The van der Waals surface area contributed by atoms with E-state index >= 15 is 0 Å². The lowest BCUT2D eigenvalue weighted by Gasteiger charge is -2.07. The fourth-order valence-electron chi connectivity index (χ4n) is 5.72. The van der Waals surface area contributed by atoms with Gasteiger partial charge in [-0.05, 0) is 41.0 Å². The molecular weight excluding hydrogens is 464 g/mol. The highest BCUT2D eigenvalue weighted by atomic mass is 16.3. The van der Waals surface area contributed by atoms with Crippen LogP contribution in [-0.4, -0.2) is 9.55 Å². The summed E-state index contributed by atoms with van der Waals surface area (Å²) in [6, 6.07) is 44.8. The average Bonchev–Trinajstić information content (AvgIpc) is 3.53. The van der Waals surface area contributed by atoms with E-state index in [2.05, 4.69) is 126 Å². The molecule has 0 N–H and O–H groups in total. The molecular formula is C35H22N2O. The smallest absolute Gasteiger partial charge is 0.227 e. The molecule has 3 heteroatoms. The number of benzene rings is 5. The summed E-state index contributed by atoms with van der Waals surface area (Å²) in [5.74, 6) is 0. The summed E-state index contributed by atoms with van der Waals surface area (Å²) < 4.78 is 8.71. The van der Waals surface area contributed by atoms with Gasteiger partial charge in [0.2, 0.25) is 5.71 Å². The van der Waals surface area contributed by atoms with Crippen molar-refractivity contribution in [2.45, 2.75) is 0 Å². The first kappa shape index (κ1) is 21.0. The summed E-state index contributed by atoms with van der Waals surface area (Å²) in [7, 11) is 0. The summed E-state index contributed by atoms with van der Waals surface area (Å²) in [4.78, 5) is 4.80. The van der Waals surface area contributed by atoms with Gasteiger partial charge in [0.05, 0.1) is 28.3 Å². The molecule has 38 heavy (non-hydrogen) atoms. The van der Waals surface area contributed by atoms with Gasteiger partial charge in [-0.3, -0.25) is 0 Å². The monoisotopic (exact) mass is 486 g/mol. The molecule has 0 atom stereocenters. The van der Waals surface area contributed by atoms with E-state index in [1.807, 2.05) is 12.3 Å². The molecule has 3 aromatic heterocycles. The lowest BCUT2D eigenvalue weighted by Crippen LogP contribution is -1.94. The predicted octanol–water partition coefficient (Wildman–Crippen LogP) is 9.41. The molecule has 0 aliphatic carbocycles. The van der Waals surface area contributed by atoms with Crippen molar-refractivity contribution in [1.29, 1.82) is 0 Å². The minimum atomic E-state index is 0.649. The average molecular weight is 487 g/mol. The van der Waals surface area contributed by atoms with Gasteiger partial charge in [-0.1, -0.05) is 103 Å². The van der Waals surface area contributed by atoms with Gasteiger partial charge in [0.25, 0.3) is 0 Å². The van der Waals surface area contributed by atoms with Crippen molar-refractivity contribution in [1.82, 2.24) is 9.55 Å². The fraction of sp³-hybridized carbons (Fsp3) is 0. The van der Waals surface area contributed by atoms with Gasteiger partial charge in [-0.15, -0.1) is 0 Å². The molecule has 0 radical (unpaired) electrons. The molecule has 0 saturated heterocycles. The maximum Gasteiger partial charge on any atom is 0.227 e. The van der Waals surface area contributed by atoms with Gasteiger partial charge >= 0.3 is 0 Å². The van der Waals surface area contributed by atoms with E-state index in [4.69, 9.17) is 9.40 Å². The first-order valence-electron chi connectivity index (χ1n) is 12.8. The van der Waals surface area contributed by atoms with Crippen LogP contribution < -0.4 is 0 Å². The third-order valence-electron chi connectivity index (χ3n) is 7.46. The van der Waals surface area contributed by atoms with Crippen molar-refractivity contribution >= 4 is 43.9 Å². The van der Waals surface area contributed by atoms with E-state index in [0.717, 1.165) is 33.2 Å². The quantitative estimate of drug-likeness (QED) is 0.249. The fourth-order valence-corrected chi connectivity index (χ4v) is 5.72. The first-order valence-corrected chi connectivity index (χ1v) is 12.8. The van der Waals surface area contributed by atoms with Gasteiger partial charge in [-0.2, -0.15) is 0 Å². The van der Waals surface area contributed by atoms with Gasteiger partial charge < -0.3 is 8.98 Å². The van der Waals surface area contributed by atoms with Crippen molar-refractivity contribution in [3.05, 3.63) is 134 Å². The molecule has 3 nitrogen and oxygen atoms in total. The van der Waals surface area contributed by atoms with Crippen LogP contribution in [-0.2, 0) is 0 Å². The highest BCUT2D eigenvalue weighted by Crippen LogP contribution is 2.38. The lowest BCUT2D eigenvalue weighted by molar-refractivity contribution is 0.655. The van der Waals surface area contributed by atoms with Crippen LogP contribution in [0.15, 0.2) is 138 Å². The lowest BCUT2D eigenvalue weighted by atomic mass is 9.98. The first-order chi connectivity index (χ1) is 18.8. The number of furan rings is 1. The van der Waals surface area contributed by atoms with E-state index < -0.39 is 0 Å². The van der Waals surface area contributed by atoms with E-state index in [1.165, 1.54) is 32.9 Å². The van der Waals surface area contributed by atoms with Crippen LogP contribution in [0.4, 0.5) is 0 Å². The number of para-hydroxylation sites is 3. The van der Waals surface area contributed by atoms with Gasteiger partial charge in [0.1, 0.15) is 5.58 Å². The summed E-state index contributed by atoms with van der Waals surface area (Å²) >= 11 is 0. The molecule has 3 heterocycles. The maximum atomic E-state index is 6.41. The zero-order chi connectivity index (χ0) is 25.1. The largest absolute Gasteiger partial charge is 0.437 e. The van der Waals surface area contributed by atoms with Crippen LogP contribution in [0, 0.1) is 0 Å². The Hall–Kier alpha value is -5.15. The van der Waals surface area contributed by atoms with E-state index in [-0.39, 0.29) is 0 Å². The molecule has 0 amide bonds. The van der Waals surface area contributed by atoms with Crippen molar-refractivity contribution in [3.63, 3.8) is 0 Å². The Kier molecular flexibility index (Phi) is 4.52. The molecule has 0 aliphatic heterocycles. The van der Waals surface area contributed by atoms with E-state index in [1.54, 1.807) is 0 Å². The number of pyridine rings is 1. The molecule has 0 aliphatic rings. The topological polar surface area (TPSA) is 31.0 Å². The van der Waals surface area contributed by atoms with Crippen molar-refractivity contribution < 1.29 is 4.42 Å². The Morgan fingerprint density at radius 3 is 1.92 bits per heavy atom. The van der Waals surface area contributed by atoms with Crippen LogP contribution in [0.3, 0.4) is 0 Å². The van der Waals surface area contributed by atoms with Gasteiger partial charge in [0.15, 0.2) is 0 Å². The zero-order valence-corrected chi connectivity index (χ0v) is 20.5. The van der Waals surface area contributed by atoms with Crippen LogP contribution >= 0.6 is 0 Å². The van der Waals surface area contributed by atoms with Gasteiger partial charge in [0, 0.05) is 21.7 Å². The zero-order valence-electron chi connectivity index (χ0n) is 20.5.